The summed E-state index contributed by atoms with van der Waals surface area (Å²) < 4.78 is 13.3. The van der Waals surface area contributed by atoms with E-state index in [9.17, 15) is 9.18 Å². The molecule has 1 aromatic heterocycles. The van der Waals surface area contributed by atoms with Gasteiger partial charge in [0.05, 0.1) is 11.3 Å². The first-order chi connectivity index (χ1) is 11.7. The zero-order chi connectivity index (χ0) is 16.9. The molecule has 1 amide bonds. The third-order valence-electron chi connectivity index (χ3n) is 4.62. The summed E-state index contributed by atoms with van der Waals surface area (Å²) in [7, 11) is 1.98. The highest BCUT2D eigenvalue weighted by atomic mass is 19.1. The second-order valence-corrected chi connectivity index (χ2v) is 6.25. The minimum atomic E-state index is -0.298. The van der Waals surface area contributed by atoms with Gasteiger partial charge in [-0.25, -0.2) is 4.39 Å². The Bertz CT molecular complexity index is 694. The molecular formula is C19H22FN3O. The van der Waals surface area contributed by atoms with Crippen LogP contribution in [0.15, 0.2) is 42.6 Å². The van der Waals surface area contributed by atoms with Gasteiger partial charge in [0, 0.05) is 23.8 Å². The average Bonchev–Trinajstić information content (AvgIpc) is 2.62. The maximum Gasteiger partial charge on any atom is 0.253 e. The highest BCUT2D eigenvalue weighted by Gasteiger charge is 2.21. The predicted molar refractivity (Wildman–Crippen MR) is 92.2 cm³/mol. The lowest BCUT2D eigenvalue weighted by molar-refractivity contribution is 0.0924. The van der Waals surface area contributed by atoms with E-state index >= 15 is 0 Å². The quantitative estimate of drug-likeness (QED) is 0.907. The molecule has 0 radical (unpaired) electrons. The van der Waals surface area contributed by atoms with Crippen molar-refractivity contribution in [3.05, 3.63) is 54.0 Å². The SMILES string of the molecule is CN[C@H]1CC[C@H](NC(=O)c2ccc(-c3cccc(F)c3)nc2)CC1. The van der Waals surface area contributed by atoms with E-state index in [2.05, 4.69) is 15.6 Å². The van der Waals surface area contributed by atoms with Gasteiger partial charge < -0.3 is 10.6 Å². The molecule has 1 aliphatic carbocycles. The second kappa shape index (κ2) is 7.53. The van der Waals surface area contributed by atoms with Crippen LogP contribution in [0.1, 0.15) is 36.0 Å². The van der Waals surface area contributed by atoms with Gasteiger partial charge in [-0.2, -0.15) is 0 Å². The lowest BCUT2D eigenvalue weighted by Gasteiger charge is -2.28. The molecule has 3 rings (SSSR count). The molecule has 0 atom stereocenters. The molecular weight excluding hydrogens is 305 g/mol. The number of halogens is 1. The fourth-order valence-corrected chi connectivity index (χ4v) is 3.14. The van der Waals surface area contributed by atoms with Crippen molar-refractivity contribution in [2.24, 2.45) is 0 Å². The standard InChI is InChI=1S/C19H22FN3O/c1-21-16-6-8-17(9-7-16)23-19(24)14-5-10-18(22-12-14)13-3-2-4-15(20)11-13/h2-5,10-12,16-17,21H,6-9H2,1H3,(H,23,24)/t16-,17-. The molecule has 0 spiro atoms. The van der Waals surface area contributed by atoms with E-state index < -0.39 is 0 Å². The highest BCUT2D eigenvalue weighted by molar-refractivity contribution is 5.94. The maximum absolute atomic E-state index is 13.3. The Morgan fingerprint density at radius 3 is 2.50 bits per heavy atom. The summed E-state index contributed by atoms with van der Waals surface area (Å²) in [6, 6.07) is 10.6. The van der Waals surface area contributed by atoms with Gasteiger partial charge in [-0.15, -0.1) is 0 Å². The van der Waals surface area contributed by atoms with E-state index in [0.717, 1.165) is 25.7 Å². The van der Waals surface area contributed by atoms with Gasteiger partial charge in [0.15, 0.2) is 0 Å². The van der Waals surface area contributed by atoms with E-state index in [0.29, 0.717) is 22.9 Å². The van der Waals surface area contributed by atoms with Crippen LogP contribution >= 0.6 is 0 Å². The Labute approximate surface area is 141 Å². The summed E-state index contributed by atoms with van der Waals surface area (Å²) in [5, 5.41) is 6.37. The molecule has 24 heavy (non-hydrogen) atoms. The van der Waals surface area contributed by atoms with Crippen LogP contribution in [-0.4, -0.2) is 30.0 Å². The summed E-state index contributed by atoms with van der Waals surface area (Å²) >= 11 is 0. The van der Waals surface area contributed by atoms with Crippen LogP contribution in [0.2, 0.25) is 0 Å². The molecule has 1 aliphatic rings. The number of aromatic nitrogens is 1. The molecule has 1 aromatic carbocycles. The average molecular weight is 327 g/mol. The zero-order valence-electron chi connectivity index (χ0n) is 13.8. The van der Waals surface area contributed by atoms with Gasteiger partial charge in [0.25, 0.3) is 5.91 Å². The number of nitrogens with one attached hydrogen (secondary N) is 2. The van der Waals surface area contributed by atoms with Crippen molar-refractivity contribution in [3.63, 3.8) is 0 Å². The molecule has 5 heteroatoms. The number of hydrogen-bond acceptors (Lipinski definition) is 3. The number of rotatable bonds is 4. The van der Waals surface area contributed by atoms with Crippen LogP contribution in [0.25, 0.3) is 11.3 Å². The van der Waals surface area contributed by atoms with Gasteiger partial charge >= 0.3 is 0 Å². The van der Waals surface area contributed by atoms with Crippen molar-refractivity contribution < 1.29 is 9.18 Å². The van der Waals surface area contributed by atoms with E-state index in [1.54, 1.807) is 30.5 Å². The van der Waals surface area contributed by atoms with Crippen molar-refractivity contribution >= 4 is 5.91 Å². The minimum Gasteiger partial charge on any atom is -0.349 e. The first-order valence-corrected chi connectivity index (χ1v) is 8.36. The van der Waals surface area contributed by atoms with Gasteiger partial charge in [-0.3, -0.25) is 9.78 Å². The monoisotopic (exact) mass is 327 g/mol. The number of carbonyl (C=O) groups excluding carboxylic acids is 1. The topological polar surface area (TPSA) is 54.0 Å². The second-order valence-electron chi connectivity index (χ2n) is 6.25. The number of benzene rings is 1. The van der Waals surface area contributed by atoms with Crippen molar-refractivity contribution in [2.45, 2.75) is 37.8 Å². The molecule has 1 fully saturated rings. The minimum absolute atomic E-state index is 0.0961. The lowest BCUT2D eigenvalue weighted by atomic mass is 9.91. The number of carbonyl (C=O) groups is 1. The zero-order valence-corrected chi connectivity index (χ0v) is 13.8. The van der Waals surface area contributed by atoms with Gasteiger partial charge in [0.2, 0.25) is 0 Å². The Morgan fingerprint density at radius 2 is 1.88 bits per heavy atom. The molecule has 1 heterocycles. The number of pyridine rings is 1. The Balaban J connectivity index is 1.62. The Morgan fingerprint density at radius 1 is 1.12 bits per heavy atom. The Kier molecular flexibility index (Phi) is 5.20. The van der Waals surface area contributed by atoms with Gasteiger partial charge in [-0.05, 0) is 57.0 Å². The summed E-state index contributed by atoms with van der Waals surface area (Å²) in [5.41, 5.74) is 1.89. The highest BCUT2D eigenvalue weighted by Crippen LogP contribution is 2.20. The van der Waals surface area contributed by atoms with Crippen LogP contribution in [-0.2, 0) is 0 Å². The molecule has 4 nitrogen and oxygen atoms in total. The fraction of sp³-hybridized carbons (Fsp3) is 0.368. The molecule has 0 saturated heterocycles. The number of nitrogens with zero attached hydrogens (tertiary/aromatic N) is 1. The van der Waals surface area contributed by atoms with Crippen molar-refractivity contribution in [1.29, 1.82) is 0 Å². The maximum atomic E-state index is 13.3. The van der Waals surface area contributed by atoms with Crippen LogP contribution < -0.4 is 10.6 Å². The Hall–Kier alpha value is -2.27. The van der Waals surface area contributed by atoms with E-state index in [-0.39, 0.29) is 17.8 Å². The third kappa shape index (κ3) is 3.97. The van der Waals surface area contributed by atoms with E-state index in [1.807, 2.05) is 7.05 Å². The van der Waals surface area contributed by atoms with Crippen LogP contribution in [0.3, 0.4) is 0 Å². The summed E-state index contributed by atoms with van der Waals surface area (Å²) in [6.07, 6.45) is 5.70. The van der Waals surface area contributed by atoms with E-state index in [4.69, 9.17) is 0 Å². The summed E-state index contributed by atoms with van der Waals surface area (Å²) in [6.45, 7) is 0. The summed E-state index contributed by atoms with van der Waals surface area (Å²) in [5.74, 6) is -0.394. The van der Waals surface area contributed by atoms with E-state index in [1.165, 1.54) is 12.1 Å². The summed E-state index contributed by atoms with van der Waals surface area (Å²) in [4.78, 5) is 16.6. The smallest absolute Gasteiger partial charge is 0.253 e. The van der Waals surface area contributed by atoms with Crippen LogP contribution in [0, 0.1) is 5.82 Å². The van der Waals surface area contributed by atoms with Crippen LogP contribution in [0.5, 0.6) is 0 Å². The van der Waals surface area contributed by atoms with Crippen LogP contribution in [0.4, 0.5) is 4.39 Å². The first-order valence-electron chi connectivity index (χ1n) is 8.36. The predicted octanol–water partition coefficient (Wildman–Crippen LogP) is 3.15. The molecule has 2 N–H and O–H groups in total. The third-order valence-corrected chi connectivity index (χ3v) is 4.62. The fourth-order valence-electron chi connectivity index (χ4n) is 3.14. The lowest BCUT2D eigenvalue weighted by Crippen LogP contribution is -2.41. The largest absolute Gasteiger partial charge is 0.349 e. The molecule has 2 aromatic rings. The van der Waals surface area contributed by atoms with Gasteiger partial charge in [-0.1, -0.05) is 12.1 Å². The molecule has 0 unspecified atom stereocenters. The number of amides is 1. The van der Waals surface area contributed by atoms with Gasteiger partial charge in [0.1, 0.15) is 5.82 Å². The number of hydrogen-bond donors (Lipinski definition) is 2. The molecule has 0 aliphatic heterocycles. The normalized spacial score (nSPS) is 20.6. The first kappa shape index (κ1) is 16.6. The molecule has 126 valence electrons. The van der Waals surface area contributed by atoms with Crippen molar-refractivity contribution in [1.82, 2.24) is 15.6 Å². The van der Waals surface area contributed by atoms with Crippen molar-refractivity contribution in [2.75, 3.05) is 7.05 Å². The molecule has 0 bridgehead atoms. The van der Waals surface area contributed by atoms with Crippen molar-refractivity contribution in [3.8, 4) is 11.3 Å². The molecule has 1 saturated carbocycles.